The lowest BCUT2D eigenvalue weighted by atomic mass is 9.69. The molecule has 3 saturated heterocycles. The predicted octanol–water partition coefficient (Wildman–Crippen LogP) is 3.24. The van der Waals surface area contributed by atoms with Crippen molar-refractivity contribution in [1.29, 1.82) is 0 Å². The molecule has 3 aliphatic heterocycles. The molecule has 12 nitrogen and oxygen atoms in total. The molecular formula is C37H66N4O8. The second kappa shape index (κ2) is 16.2. The molecule has 12 heteroatoms. The molecule has 0 aromatic heterocycles. The zero-order valence-corrected chi connectivity index (χ0v) is 32.0. The van der Waals surface area contributed by atoms with Crippen molar-refractivity contribution in [3.63, 3.8) is 0 Å². The van der Waals surface area contributed by atoms with Gasteiger partial charge in [0, 0.05) is 38.2 Å². The van der Waals surface area contributed by atoms with Gasteiger partial charge in [0.1, 0.15) is 17.8 Å². The number of nitrogens with zero attached hydrogens (tertiary/aromatic N) is 2. The molecular weight excluding hydrogens is 628 g/mol. The minimum absolute atomic E-state index is 0.0842. The van der Waals surface area contributed by atoms with Crippen LogP contribution in [-0.2, 0) is 28.5 Å². The van der Waals surface area contributed by atoms with Crippen LogP contribution in [0.1, 0.15) is 87.0 Å². The molecule has 3 N–H and O–H groups in total. The summed E-state index contributed by atoms with van der Waals surface area (Å²) in [5, 5.41) is 18.3. The van der Waals surface area contributed by atoms with Crippen molar-refractivity contribution in [1.82, 2.24) is 20.4 Å². The molecule has 0 spiro atoms. The van der Waals surface area contributed by atoms with Gasteiger partial charge >= 0.3 is 12.1 Å². The van der Waals surface area contributed by atoms with E-state index in [1.807, 2.05) is 48.8 Å². The fourth-order valence-corrected chi connectivity index (χ4v) is 8.93. The van der Waals surface area contributed by atoms with E-state index in [1.165, 1.54) is 12.8 Å². The van der Waals surface area contributed by atoms with Crippen molar-refractivity contribution in [3.05, 3.63) is 0 Å². The van der Waals surface area contributed by atoms with Gasteiger partial charge in [0.25, 0.3) is 0 Å². The van der Waals surface area contributed by atoms with Gasteiger partial charge in [-0.25, -0.2) is 4.79 Å². The van der Waals surface area contributed by atoms with E-state index in [9.17, 15) is 19.5 Å². The topological polar surface area (TPSA) is 139 Å². The number of methoxy groups -OCH3 is 1. The molecule has 1 unspecified atom stereocenters. The van der Waals surface area contributed by atoms with E-state index in [0.717, 1.165) is 12.5 Å². The number of rotatable bonds is 9. The Morgan fingerprint density at radius 2 is 1.78 bits per heavy atom. The number of aliphatic hydroxyl groups is 1. The molecule has 282 valence electrons. The molecule has 0 radical (unpaired) electrons. The molecule has 0 aromatic carbocycles. The van der Waals surface area contributed by atoms with Gasteiger partial charge in [-0.3, -0.25) is 9.59 Å². The largest absolute Gasteiger partial charge is 0.458 e. The Labute approximate surface area is 294 Å². The highest BCUT2D eigenvalue weighted by Gasteiger charge is 2.56. The van der Waals surface area contributed by atoms with Crippen molar-refractivity contribution < 1.29 is 38.4 Å². The first kappa shape index (κ1) is 39.9. The van der Waals surface area contributed by atoms with Crippen LogP contribution in [0.25, 0.3) is 0 Å². The highest BCUT2D eigenvalue weighted by Crippen LogP contribution is 2.42. The molecule has 4 fully saturated rings. The number of carbonyl (C=O) groups is 3. The Kier molecular flexibility index (Phi) is 13.2. The third-order valence-corrected chi connectivity index (χ3v) is 12.4. The lowest BCUT2D eigenvalue weighted by Crippen LogP contribution is -2.60. The first-order valence-electron chi connectivity index (χ1n) is 18.6. The van der Waals surface area contributed by atoms with Gasteiger partial charge in [-0.2, -0.15) is 0 Å². The van der Waals surface area contributed by atoms with E-state index in [1.54, 1.807) is 21.0 Å². The van der Waals surface area contributed by atoms with Crippen LogP contribution >= 0.6 is 0 Å². The molecule has 0 bridgehead atoms. The number of hydrogen-bond donors (Lipinski definition) is 3. The zero-order chi connectivity index (χ0) is 36.4. The van der Waals surface area contributed by atoms with Crippen LogP contribution in [0.2, 0.25) is 0 Å². The van der Waals surface area contributed by atoms with Gasteiger partial charge < -0.3 is 44.5 Å². The van der Waals surface area contributed by atoms with Gasteiger partial charge in [-0.15, -0.1) is 0 Å². The van der Waals surface area contributed by atoms with Crippen LogP contribution in [0.4, 0.5) is 4.79 Å². The number of aliphatic hydroxyl groups excluding tert-OH is 1. The maximum Gasteiger partial charge on any atom is 0.408 e. The lowest BCUT2D eigenvalue weighted by Gasteiger charge is -2.47. The van der Waals surface area contributed by atoms with E-state index in [4.69, 9.17) is 18.9 Å². The van der Waals surface area contributed by atoms with Gasteiger partial charge in [0.15, 0.2) is 5.60 Å². The number of alkyl carbamates (subject to hydrolysis) is 1. The van der Waals surface area contributed by atoms with Crippen molar-refractivity contribution in [3.8, 4) is 0 Å². The first-order valence-corrected chi connectivity index (χ1v) is 18.6. The number of ether oxygens (including phenoxy) is 4. The Morgan fingerprint density at radius 1 is 1.10 bits per heavy atom. The minimum Gasteiger partial charge on any atom is -0.458 e. The molecule has 13 atom stereocenters. The molecule has 4 aliphatic rings. The quantitative estimate of drug-likeness (QED) is 0.242. The summed E-state index contributed by atoms with van der Waals surface area (Å²) >= 11 is 0. The summed E-state index contributed by atoms with van der Waals surface area (Å²) in [5.74, 6) is -2.07. The average Bonchev–Trinajstić information content (AvgIpc) is 3.82. The number of Topliss-reactive ketones (excluding diaryl/α,β-unsaturated/α-hetero) is 1. The van der Waals surface area contributed by atoms with Gasteiger partial charge in [-0.1, -0.05) is 20.8 Å². The highest BCUT2D eigenvalue weighted by atomic mass is 16.6. The maximum atomic E-state index is 14.3. The van der Waals surface area contributed by atoms with Crippen molar-refractivity contribution in [2.24, 2.45) is 29.6 Å². The normalized spacial score (nSPS) is 43.3. The summed E-state index contributed by atoms with van der Waals surface area (Å²) in [6.07, 6.45) is 1.98. The van der Waals surface area contributed by atoms with Crippen molar-refractivity contribution in [2.45, 2.75) is 141 Å². The molecule has 4 rings (SSSR count). The smallest absolute Gasteiger partial charge is 0.408 e. The first-order chi connectivity index (χ1) is 22.9. The number of hydrogen-bond acceptors (Lipinski definition) is 11. The van der Waals surface area contributed by atoms with E-state index >= 15 is 0 Å². The molecule has 1 amide bonds. The number of likely N-dealkylation sites (N-methyl/N-ethyl adjacent to an activating group) is 2. The van der Waals surface area contributed by atoms with Gasteiger partial charge in [-0.05, 0) is 112 Å². The second-order valence-corrected chi connectivity index (χ2v) is 16.4. The third kappa shape index (κ3) is 8.98. The van der Waals surface area contributed by atoms with Crippen molar-refractivity contribution in [2.75, 3.05) is 47.9 Å². The number of esters is 1. The summed E-state index contributed by atoms with van der Waals surface area (Å²) in [4.78, 5) is 45.0. The second-order valence-electron chi connectivity index (χ2n) is 16.4. The molecule has 3 heterocycles. The predicted molar refractivity (Wildman–Crippen MR) is 187 cm³/mol. The number of nitrogens with one attached hydrogen (secondary N) is 2. The Hall–Kier alpha value is -1.83. The van der Waals surface area contributed by atoms with E-state index in [2.05, 4.69) is 27.4 Å². The highest BCUT2D eigenvalue weighted by molar-refractivity contribution is 5.99. The van der Waals surface area contributed by atoms with Crippen LogP contribution < -0.4 is 10.6 Å². The zero-order valence-electron chi connectivity index (χ0n) is 32.0. The van der Waals surface area contributed by atoms with E-state index in [0.29, 0.717) is 38.8 Å². The lowest BCUT2D eigenvalue weighted by molar-refractivity contribution is -0.175. The number of amides is 1. The number of ketones is 1. The fraction of sp³-hybridized carbons (Fsp3) is 0.919. The Bertz CT molecular complexity index is 1150. The molecule has 49 heavy (non-hydrogen) atoms. The fourth-order valence-electron chi connectivity index (χ4n) is 8.93. The summed E-state index contributed by atoms with van der Waals surface area (Å²) in [6, 6.07) is -0.711. The number of carbonyl (C=O) groups excluding carboxylic acids is 3. The number of fused-ring (bicyclic) bond motifs is 1. The maximum absolute atomic E-state index is 14.3. The van der Waals surface area contributed by atoms with Crippen LogP contribution in [-0.4, -0.2) is 134 Å². The molecule has 1 saturated carbocycles. The van der Waals surface area contributed by atoms with Crippen LogP contribution in [0, 0.1) is 29.6 Å². The monoisotopic (exact) mass is 694 g/mol. The SMILES string of the molecule is CC[C@H]1OC(=O)C(C)C(=O)[C@H](C)[C@@H](C[C@@H]2O[C@H](CNCC3CC3)C[C@H](N(C)C)[C@H]2O)[C@](C)(OC)C[C@@H](C)CN(C)[C@H](C)[C@H]2NC(=O)O[C@@]21C. The third-order valence-electron chi connectivity index (χ3n) is 12.4. The van der Waals surface area contributed by atoms with E-state index < -0.39 is 59.5 Å². The van der Waals surface area contributed by atoms with Crippen molar-refractivity contribution >= 4 is 17.8 Å². The Balaban J connectivity index is 1.68. The van der Waals surface area contributed by atoms with Gasteiger partial charge in [0.05, 0.1) is 30.0 Å². The molecule has 0 aromatic rings. The summed E-state index contributed by atoms with van der Waals surface area (Å²) in [6.45, 7) is 15.8. The standard InChI is InChI=1S/C37H66N4O8/c1-12-30-37(7)33(39-35(45)49-37)24(5)41(10)20-21(2)17-36(6,46-11)27(22(3)31(42)23(4)34(44)48-30)16-29-32(43)28(40(8)9)15-26(47-29)19-38-18-25-13-14-25/h21-30,32-33,38,43H,12-20H2,1-11H3,(H,39,45)/t21-,22-,23?,24-,26+,27-,28+,29+,30-,32-,33-,36-,37-/m1/s1. The van der Waals surface area contributed by atoms with Crippen LogP contribution in [0.3, 0.4) is 0 Å². The summed E-state index contributed by atoms with van der Waals surface area (Å²) in [5.41, 5.74) is -1.92. The Morgan fingerprint density at radius 3 is 2.37 bits per heavy atom. The minimum atomic E-state index is -1.13. The van der Waals surface area contributed by atoms with E-state index in [-0.39, 0.29) is 35.8 Å². The van der Waals surface area contributed by atoms with Crippen LogP contribution in [0.5, 0.6) is 0 Å². The molecule has 1 aliphatic carbocycles. The average molecular weight is 695 g/mol. The van der Waals surface area contributed by atoms with Crippen LogP contribution in [0.15, 0.2) is 0 Å². The van der Waals surface area contributed by atoms with Gasteiger partial charge in [0.2, 0.25) is 0 Å². The summed E-state index contributed by atoms with van der Waals surface area (Å²) in [7, 11) is 7.68. The summed E-state index contributed by atoms with van der Waals surface area (Å²) < 4.78 is 25.0. The number of cyclic esters (lactones) is 1.